The summed E-state index contributed by atoms with van der Waals surface area (Å²) in [5.74, 6) is -1.60. The smallest absolute Gasteiger partial charge is 0.355 e. The SMILES string of the molecule is CCOC(=O)c1[nH]c(C)c(C(=O)COC(=O)c2cccc(N3CCCC3=O)c2)c1C. The fraction of sp³-hybridized carbons (Fsp3) is 0.364. The lowest BCUT2D eigenvalue weighted by Crippen LogP contribution is -2.24. The number of benzene rings is 1. The number of amides is 1. The number of rotatable bonds is 7. The fourth-order valence-corrected chi connectivity index (χ4v) is 3.58. The maximum Gasteiger partial charge on any atom is 0.355 e. The van der Waals surface area contributed by atoms with Gasteiger partial charge in [-0.1, -0.05) is 6.07 Å². The standard InChI is InChI=1S/C22H24N2O6/c1-4-29-22(28)20-13(2)19(14(3)23-20)17(25)12-30-21(27)15-7-5-8-16(11-15)24-10-6-9-18(24)26/h5,7-8,11,23H,4,6,9-10,12H2,1-3H3. The van der Waals surface area contributed by atoms with Crippen LogP contribution in [0, 0.1) is 13.8 Å². The summed E-state index contributed by atoms with van der Waals surface area (Å²) in [7, 11) is 0. The Morgan fingerprint density at radius 2 is 1.90 bits per heavy atom. The van der Waals surface area contributed by atoms with E-state index in [0.717, 1.165) is 6.42 Å². The molecule has 2 heterocycles. The molecule has 1 aliphatic rings. The minimum atomic E-state index is -0.659. The molecular formula is C22H24N2O6. The second kappa shape index (κ2) is 8.94. The molecule has 8 heteroatoms. The van der Waals surface area contributed by atoms with Crippen molar-refractivity contribution in [2.45, 2.75) is 33.6 Å². The number of ketones is 1. The molecule has 158 valence electrons. The van der Waals surface area contributed by atoms with Crippen LogP contribution in [-0.4, -0.2) is 48.4 Å². The van der Waals surface area contributed by atoms with Crippen LogP contribution in [0.5, 0.6) is 0 Å². The molecule has 0 saturated carbocycles. The lowest BCUT2D eigenvalue weighted by molar-refractivity contribution is -0.117. The van der Waals surface area contributed by atoms with Gasteiger partial charge in [0.15, 0.2) is 6.61 Å². The molecule has 0 aliphatic carbocycles. The van der Waals surface area contributed by atoms with Crippen LogP contribution in [0.4, 0.5) is 5.69 Å². The van der Waals surface area contributed by atoms with Crippen LogP contribution in [0.25, 0.3) is 0 Å². The summed E-state index contributed by atoms with van der Waals surface area (Å²) in [5, 5.41) is 0. The van der Waals surface area contributed by atoms with E-state index in [2.05, 4.69) is 4.98 Å². The fourth-order valence-electron chi connectivity index (χ4n) is 3.58. The van der Waals surface area contributed by atoms with Crippen molar-refractivity contribution in [1.82, 2.24) is 4.98 Å². The molecule has 2 aromatic rings. The third kappa shape index (κ3) is 4.27. The van der Waals surface area contributed by atoms with Crippen molar-refractivity contribution in [3.8, 4) is 0 Å². The van der Waals surface area contributed by atoms with Gasteiger partial charge in [0.25, 0.3) is 0 Å². The number of carbonyl (C=O) groups excluding carboxylic acids is 4. The first-order valence-electron chi connectivity index (χ1n) is 9.80. The molecular weight excluding hydrogens is 388 g/mol. The van der Waals surface area contributed by atoms with Gasteiger partial charge >= 0.3 is 11.9 Å². The lowest BCUT2D eigenvalue weighted by atomic mass is 10.1. The van der Waals surface area contributed by atoms with Gasteiger partial charge in [0.2, 0.25) is 11.7 Å². The van der Waals surface area contributed by atoms with E-state index in [1.807, 2.05) is 0 Å². The van der Waals surface area contributed by atoms with Crippen molar-refractivity contribution in [3.63, 3.8) is 0 Å². The molecule has 0 spiro atoms. The summed E-state index contributed by atoms with van der Waals surface area (Å²) < 4.78 is 10.2. The molecule has 3 rings (SSSR count). The number of Topliss-reactive ketones (excluding diaryl/α,β-unsaturated/α-hetero) is 1. The highest BCUT2D eigenvalue weighted by molar-refractivity contribution is 6.04. The Bertz CT molecular complexity index is 1010. The van der Waals surface area contributed by atoms with Crippen molar-refractivity contribution in [1.29, 1.82) is 0 Å². The van der Waals surface area contributed by atoms with E-state index in [4.69, 9.17) is 9.47 Å². The summed E-state index contributed by atoms with van der Waals surface area (Å²) in [4.78, 5) is 53.5. The molecule has 1 aromatic heterocycles. The van der Waals surface area contributed by atoms with Crippen LogP contribution in [-0.2, 0) is 14.3 Å². The van der Waals surface area contributed by atoms with E-state index in [1.165, 1.54) is 0 Å². The predicted octanol–water partition coefficient (Wildman–Crippen LogP) is 2.97. The molecule has 0 radical (unpaired) electrons. The van der Waals surface area contributed by atoms with Crippen LogP contribution >= 0.6 is 0 Å². The maximum atomic E-state index is 12.6. The predicted molar refractivity (Wildman–Crippen MR) is 109 cm³/mol. The summed E-state index contributed by atoms with van der Waals surface area (Å²) in [5.41, 5.74) is 2.38. The Balaban J connectivity index is 1.69. The number of nitrogens with one attached hydrogen (secondary N) is 1. The second-order valence-electron chi connectivity index (χ2n) is 7.04. The quantitative estimate of drug-likeness (QED) is 0.554. The molecule has 1 aliphatic heterocycles. The second-order valence-corrected chi connectivity index (χ2v) is 7.04. The van der Waals surface area contributed by atoms with E-state index in [-0.39, 0.29) is 23.8 Å². The Kier molecular flexibility index (Phi) is 6.34. The number of nitrogens with zero attached hydrogens (tertiary/aromatic N) is 1. The van der Waals surface area contributed by atoms with Gasteiger partial charge in [-0.2, -0.15) is 0 Å². The molecule has 1 fully saturated rings. The first-order chi connectivity index (χ1) is 14.3. The van der Waals surface area contributed by atoms with Crippen LogP contribution in [0.3, 0.4) is 0 Å². The molecule has 1 aromatic carbocycles. The molecule has 1 amide bonds. The average Bonchev–Trinajstić information content (AvgIpc) is 3.28. The number of hydrogen-bond donors (Lipinski definition) is 1. The summed E-state index contributed by atoms with van der Waals surface area (Å²) in [6, 6.07) is 6.59. The molecule has 8 nitrogen and oxygen atoms in total. The zero-order chi connectivity index (χ0) is 21.8. The van der Waals surface area contributed by atoms with E-state index in [9.17, 15) is 19.2 Å². The van der Waals surface area contributed by atoms with Crippen LogP contribution < -0.4 is 4.90 Å². The monoisotopic (exact) mass is 412 g/mol. The number of anilines is 1. The van der Waals surface area contributed by atoms with Crippen molar-refractivity contribution in [2.24, 2.45) is 0 Å². The first kappa shape index (κ1) is 21.3. The number of ether oxygens (including phenoxy) is 2. The van der Waals surface area contributed by atoms with Crippen molar-refractivity contribution >= 4 is 29.3 Å². The molecule has 0 bridgehead atoms. The van der Waals surface area contributed by atoms with Gasteiger partial charge in [0.05, 0.1) is 12.2 Å². The highest BCUT2D eigenvalue weighted by Crippen LogP contribution is 2.23. The average molecular weight is 412 g/mol. The lowest BCUT2D eigenvalue weighted by Gasteiger charge is -2.16. The summed E-state index contributed by atoms with van der Waals surface area (Å²) in [6.45, 7) is 5.38. The van der Waals surface area contributed by atoms with Gasteiger partial charge in [-0.15, -0.1) is 0 Å². The highest BCUT2D eigenvalue weighted by Gasteiger charge is 2.25. The van der Waals surface area contributed by atoms with E-state index < -0.39 is 24.3 Å². The van der Waals surface area contributed by atoms with Gasteiger partial charge in [-0.3, -0.25) is 9.59 Å². The van der Waals surface area contributed by atoms with Gasteiger partial charge < -0.3 is 19.4 Å². The number of hydrogen-bond acceptors (Lipinski definition) is 6. The van der Waals surface area contributed by atoms with Crippen molar-refractivity contribution in [2.75, 3.05) is 24.7 Å². The molecule has 0 unspecified atom stereocenters. The molecule has 1 N–H and O–H groups in total. The molecule has 0 atom stereocenters. The zero-order valence-electron chi connectivity index (χ0n) is 17.2. The number of aromatic amines is 1. The number of aryl methyl sites for hydroxylation is 1. The highest BCUT2D eigenvalue weighted by atomic mass is 16.5. The first-order valence-corrected chi connectivity index (χ1v) is 9.80. The van der Waals surface area contributed by atoms with Crippen molar-refractivity contribution in [3.05, 3.63) is 52.3 Å². The van der Waals surface area contributed by atoms with Crippen LogP contribution in [0.15, 0.2) is 24.3 Å². The minimum absolute atomic E-state index is 0.0199. The maximum absolute atomic E-state index is 12.6. The summed E-state index contributed by atoms with van der Waals surface area (Å²) in [6.07, 6.45) is 1.28. The van der Waals surface area contributed by atoms with E-state index in [1.54, 1.807) is 49.9 Å². The normalized spacial score (nSPS) is 13.4. The van der Waals surface area contributed by atoms with Crippen LogP contribution in [0.1, 0.15) is 62.2 Å². The van der Waals surface area contributed by atoms with Crippen LogP contribution in [0.2, 0.25) is 0 Å². The Hall–Kier alpha value is -3.42. The Labute approximate surface area is 174 Å². The number of esters is 2. The van der Waals surface area contributed by atoms with Gasteiger partial charge in [0, 0.05) is 29.9 Å². The number of carbonyl (C=O) groups is 4. The third-order valence-electron chi connectivity index (χ3n) is 5.00. The Morgan fingerprint density at radius 3 is 2.57 bits per heavy atom. The minimum Gasteiger partial charge on any atom is -0.461 e. The summed E-state index contributed by atoms with van der Waals surface area (Å²) >= 11 is 0. The number of aromatic nitrogens is 1. The van der Waals surface area contributed by atoms with Crippen molar-refractivity contribution < 1.29 is 28.7 Å². The Morgan fingerprint density at radius 1 is 1.13 bits per heavy atom. The zero-order valence-corrected chi connectivity index (χ0v) is 17.2. The number of H-pyrrole nitrogens is 1. The van der Waals surface area contributed by atoms with Gasteiger partial charge in [-0.25, -0.2) is 9.59 Å². The van der Waals surface area contributed by atoms with E-state index >= 15 is 0 Å². The molecule has 1 saturated heterocycles. The third-order valence-corrected chi connectivity index (χ3v) is 5.00. The largest absolute Gasteiger partial charge is 0.461 e. The van der Waals surface area contributed by atoms with Gasteiger partial charge in [0.1, 0.15) is 5.69 Å². The molecule has 30 heavy (non-hydrogen) atoms. The van der Waals surface area contributed by atoms with Gasteiger partial charge in [-0.05, 0) is 51.0 Å². The van der Waals surface area contributed by atoms with E-state index in [0.29, 0.717) is 35.5 Å². The topological polar surface area (TPSA) is 106 Å².